The Balaban J connectivity index is 1.59. The highest BCUT2D eigenvalue weighted by Gasteiger charge is 2.31. The van der Waals surface area contributed by atoms with Crippen LogP contribution in [0.15, 0.2) is 36.9 Å². The van der Waals surface area contributed by atoms with E-state index in [0.29, 0.717) is 36.1 Å². The van der Waals surface area contributed by atoms with Crippen molar-refractivity contribution in [3.63, 3.8) is 0 Å². The van der Waals surface area contributed by atoms with E-state index in [1.54, 1.807) is 6.07 Å². The zero-order chi connectivity index (χ0) is 18.1. The van der Waals surface area contributed by atoms with E-state index in [-0.39, 0.29) is 0 Å². The van der Waals surface area contributed by atoms with Crippen molar-refractivity contribution < 1.29 is 13.2 Å². The van der Waals surface area contributed by atoms with E-state index >= 15 is 0 Å². The summed E-state index contributed by atoms with van der Waals surface area (Å²) in [5, 5.41) is 3.75. The van der Waals surface area contributed by atoms with Gasteiger partial charge in [0, 0.05) is 29.3 Å². The molecule has 0 unspecified atom stereocenters. The monoisotopic (exact) mass is 378 g/mol. The normalized spacial score (nSPS) is 14.2. The minimum absolute atomic E-state index is 0.421. The molecule has 0 radical (unpaired) electrons. The number of benzene rings is 1. The molecule has 3 heterocycles. The summed E-state index contributed by atoms with van der Waals surface area (Å²) >= 11 is 1.22. The van der Waals surface area contributed by atoms with Gasteiger partial charge in [0.2, 0.25) is 5.13 Å². The molecule has 0 saturated carbocycles. The van der Waals surface area contributed by atoms with Crippen molar-refractivity contribution in [1.82, 2.24) is 19.3 Å². The van der Waals surface area contributed by atoms with Gasteiger partial charge in [-0.2, -0.15) is 17.5 Å². The van der Waals surface area contributed by atoms with E-state index in [2.05, 4.69) is 24.6 Å². The molecule has 134 valence electrons. The molecule has 26 heavy (non-hydrogen) atoms. The van der Waals surface area contributed by atoms with E-state index < -0.39 is 11.7 Å². The molecule has 10 heteroatoms. The highest BCUT2D eigenvalue weighted by Crippen LogP contribution is 2.33. The van der Waals surface area contributed by atoms with Crippen LogP contribution in [0, 0.1) is 0 Å². The van der Waals surface area contributed by atoms with Gasteiger partial charge in [-0.15, -0.1) is 0 Å². The fourth-order valence-electron chi connectivity index (χ4n) is 2.89. The summed E-state index contributed by atoms with van der Waals surface area (Å²) in [6, 6.07) is 5.36. The van der Waals surface area contributed by atoms with E-state index in [9.17, 15) is 13.2 Å². The van der Waals surface area contributed by atoms with Crippen LogP contribution < -0.4 is 10.2 Å². The molecular weight excluding hydrogens is 365 g/mol. The Kier molecular flexibility index (Phi) is 4.19. The molecule has 0 bridgehead atoms. The summed E-state index contributed by atoms with van der Waals surface area (Å²) < 4.78 is 42.8. The number of aromatic nitrogens is 4. The van der Waals surface area contributed by atoms with Gasteiger partial charge in [-0.1, -0.05) is 6.07 Å². The smallest absolute Gasteiger partial charge is 0.365 e. The fraction of sp³-hybridized carbons (Fsp3) is 0.250. The molecule has 4 rings (SSSR count). The number of anilines is 3. The minimum Gasteiger partial charge on any atom is -0.365 e. The highest BCUT2D eigenvalue weighted by atomic mass is 32.1. The van der Waals surface area contributed by atoms with Crippen molar-refractivity contribution in [2.75, 3.05) is 16.8 Å². The molecule has 1 aliphatic rings. The number of alkyl halides is 3. The van der Waals surface area contributed by atoms with Gasteiger partial charge in [0.25, 0.3) is 0 Å². The second-order valence-electron chi connectivity index (χ2n) is 5.74. The third-order valence-electron chi connectivity index (χ3n) is 4.13. The lowest BCUT2D eigenvalue weighted by Gasteiger charge is -2.31. The van der Waals surface area contributed by atoms with Crippen LogP contribution in [0.25, 0.3) is 0 Å². The molecule has 1 aromatic carbocycles. The predicted molar refractivity (Wildman–Crippen MR) is 91.4 cm³/mol. The first-order chi connectivity index (χ1) is 12.5. The first-order valence-corrected chi connectivity index (χ1v) is 8.57. The van der Waals surface area contributed by atoms with E-state index in [1.807, 2.05) is 4.90 Å². The quantitative estimate of drug-likeness (QED) is 0.750. The number of rotatable bonds is 3. The summed E-state index contributed by atoms with van der Waals surface area (Å²) in [5.74, 6) is 0.662. The zero-order valence-electron chi connectivity index (χ0n) is 13.4. The lowest BCUT2D eigenvalue weighted by Crippen LogP contribution is -2.32. The van der Waals surface area contributed by atoms with Gasteiger partial charge >= 0.3 is 6.18 Å². The summed E-state index contributed by atoms with van der Waals surface area (Å²) in [6.07, 6.45) is -0.841. The largest absolute Gasteiger partial charge is 0.416 e. The Bertz CT molecular complexity index is 913. The van der Waals surface area contributed by atoms with Crippen molar-refractivity contribution in [3.05, 3.63) is 53.7 Å². The molecule has 0 amide bonds. The maximum Gasteiger partial charge on any atom is 0.416 e. The zero-order valence-corrected chi connectivity index (χ0v) is 14.2. The van der Waals surface area contributed by atoms with Crippen molar-refractivity contribution in [2.24, 2.45) is 0 Å². The van der Waals surface area contributed by atoms with Gasteiger partial charge in [-0.3, -0.25) is 0 Å². The molecule has 0 saturated heterocycles. The number of hydrogen-bond acceptors (Lipinski definition) is 7. The number of nitrogens with one attached hydrogen (secondary N) is 1. The lowest BCUT2D eigenvalue weighted by atomic mass is 10.0. The lowest BCUT2D eigenvalue weighted by molar-refractivity contribution is -0.137. The number of hydrogen-bond donors (Lipinski definition) is 1. The van der Waals surface area contributed by atoms with E-state index in [4.69, 9.17) is 0 Å². The standard InChI is InChI=1S/C16H13F3N6S/c17-16(18,19)10-2-1-3-11(6-10)25-5-4-12-13(7-25)20-8-21-14(12)24-15-22-9-23-26-15/h1-3,6,8-9H,4-5,7H2,(H,20,21,22,23,24). The second-order valence-corrected chi connectivity index (χ2v) is 6.52. The van der Waals surface area contributed by atoms with Gasteiger partial charge in [-0.25, -0.2) is 15.0 Å². The first-order valence-electron chi connectivity index (χ1n) is 7.79. The Morgan fingerprint density at radius 1 is 1.12 bits per heavy atom. The van der Waals surface area contributed by atoms with E-state index in [1.165, 1.54) is 36.3 Å². The van der Waals surface area contributed by atoms with Crippen LogP contribution in [0.1, 0.15) is 16.8 Å². The Morgan fingerprint density at radius 2 is 2.00 bits per heavy atom. The fourth-order valence-corrected chi connectivity index (χ4v) is 3.32. The van der Waals surface area contributed by atoms with Crippen molar-refractivity contribution in [1.29, 1.82) is 0 Å². The maximum absolute atomic E-state index is 12.9. The summed E-state index contributed by atoms with van der Waals surface area (Å²) in [5.41, 5.74) is 1.62. The number of nitrogens with zero attached hydrogens (tertiary/aromatic N) is 5. The van der Waals surface area contributed by atoms with Crippen LogP contribution >= 0.6 is 11.5 Å². The van der Waals surface area contributed by atoms with Gasteiger partial charge in [0.1, 0.15) is 18.5 Å². The van der Waals surface area contributed by atoms with Crippen LogP contribution in [0.4, 0.5) is 29.8 Å². The molecule has 0 aliphatic carbocycles. The molecule has 0 spiro atoms. The van der Waals surface area contributed by atoms with Crippen molar-refractivity contribution >= 4 is 28.2 Å². The summed E-state index contributed by atoms with van der Waals surface area (Å²) in [4.78, 5) is 14.5. The number of halogens is 3. The SMILES string of the molecule is FC(F)(F)c1cccc(N2CCc3c(ncnc3Nc3ncns3)C2)c1. The minimum atomic E-state index is -4.36. The summed E-state index contributed by atoms with van der Waals surface area (Å²) in [7, 11) is 0. The van der Waals surface area contributed by atoms with Gasteiger partial charge in [0.05, 0.1) is 17.8 Å². The number of fused-ring (bicyclic) bond motifs is 1. The van der Waals surface area contributed by atoms with E-state index in [0.717, 1.165) is 17.3 Å². The average molecular weight is 378 g/mol. The Hall–Kier alpha value is -2.75. The molecule has 3 aromatic rings. The topological polar surface area (TPSA) is 66.8 Å². The van der Waals surface area contributed by atoms with Crippen LogP contribution in [0.2, 0.25) is 0 Å². The van der Waals surface area contributed by atoms with Crippen molar-refractivity contribution in [2.45, 2.75) is 19.1 Å². The predicted octanol–water partition coefficient (Wildman–Crippen LogP) is 3.65. The van der Waals surface area contributed by atoms with Crippen LogP contribution in [-0.4, -0.2) is 25.9 Å². The second kappa shape index (κ2) is 6.52. The van der Waals surface area contributed by atoms with Gasteiger partial charge in [-0.05, 0) is 24.6 Å². The average Bonchev–Trinajstić information content (AvgIpc) is 3.14. The van der Waals surface area contributed by atoms with Crippen LogP contribution in [-0.2, 0) is 19.1 Å². The first kappa shape index (κ1) is 16.7. The van der Waals surface area contributed by atoms with Crippen LogP contribution in [0.3, 0.4) is 0 Å². The molecule has 6 nitrogen and oxygen atoms in total. The Labute approximate surface area is 150 Å². The summed E-state index contributed by atoms with van der Waals surface area (Å²) in [6.45, 7) is 0.996. The molecule has 2 aromatic heterocycles. The van der Waals surface area contributed by atoms with Crippen molar-refractivity contribution in [3.8, 4) is 0 Å². The molecule has 0 fully saturated rings. The third-order valence-corrected chi connectivity index (χ3v) is 4.71. The molecular formula is C16H13F3N6S. The molecule has 1 N–H and O–H groups in total. The third kappa shape index (κ3) is 3.32. The van der Waals surface area contributed by atoms with Crippen LogP contribution in [0.5, 0.6) is 0 Å². The molecule has 0 atom stereocenters. The molecule has 1 aliphatic heterocycles. The maximum atomic E-state index is 12.9. The Morgan fingerprint density at radius 3 is 2.77 bits per heavy atom. The van der Waals surface area contributed by atoms with Gasteiger partial charge in [0.15, 0.2) is 0 Å². The van der Waals surface area contributed by atoms with Gasteiger partial charge < -0.3 is 10.2 Å². The highest BCUT2D eigenvalue weighted by molar-refractivity contribution is 7.09.